The molecule has 0 saturated carbocycles. The van der Waals surface area contributed by atoms with E-state index in [9.17, 15) is 0 Å². The van der Waals surface area contributed by atoms with Crippen molar-refractivity contribution in [1.29, 1.82) is 0 Å². The molecule has 1 aliphatic heterocycles. The summed E-state index contributed by atoms with van der Waals surface area (Å²) in [5.74, 6) is 1.28. The lowest BCUT2D eigenvalue weighted by molar-refractivity contribution is -0.679. The highest BCUT2D eigenvalue weighted by molar-refractivity contribution is 7.80. The van der Waals surface area contributed by atoms with E-state index >= 15 is 0 Å². The number of thiol groups is 1. The molecule has 1 aromatic rings. The van der Waals surface area contributed by atoms with Crippen LogP contribution in [0.4, 0.5) is 0 Å². The van der Waals surface area contributed by atoms with Gasteiger partial charge in [-0.1, -0.05) is 0 Å². The Labute approximate surface area is 65.1 Å². The summed E-state index contributed by atoms with van der Waals surface area (Å²) in [6.07, 6.45) is 2.88. The molecular weight excluding hydrogens is 146 g/mol. The molecule has 0 spiro atoms. The van der Waals surface area contributed by atoms with Crippen molar-refractivity contribution in [3.8, 4) is 0 Å². The lowest BCUT2D eigenvalue weighted by Crippen LogP contribution is -2.30. The second-order valence-electron chi connectivity index (χ2n) is 2.70. The minimum atomic E-state index is 0.467. The maximum atomic E-state index is 4.38. The van der Waals surface area contributed by atoms with Gasteiger partial charge in [0.05, 0.1) is 13.5 Å². The zero-order chi connectivity index (χ0) is 7.14. The topological polar surface area (TPSA) is 21.7 Å². The maximum absolute atomic E-state index is 4.38. The Kier molecular flexibility index (Phi) is 1.23. The van der Waals surface area contributed by atoms with Gasteiger partial charge in [0.15, 0.2) is 0 Å². The van der Waals surface area contributed by atoms with Crippen molar-refractivity contribution in [3.63, 3.8) is 0 Å². The maximum Gasteiger partial charge on any atom is 0.265 e. The van der Waals surface area contributed by atoms with Gasteiger partial charge in [-0.15, -0.1) is 4.68 Å². The lowest BCUT2D eigenvalue weighted by atomic mass is 10.3. The first-order valence-electron chi connectivity index (χ1n) is 3.36. The van der Waals surface area contributed by atoms with Gasteiger partial charge in [-0.05, 0) is 0 Å². The molecule has 0 fully saturated rings. The van der Waals surface area contributed by atoms with Crippen LogP contribution in [0.15, 0.2) is 6.33 Å². The van der Waals surface area contributed by atoms with Gasteiger partial charge in [-0.3, -0.25) is 0 Å². The molecule has 10 heavy (non-hydrogen) atoms. The van der Waals surface area contributed by atoms with Gasteiger partial charge in [0.2, 0.25) is 5.82 Å². The number of nitrogens with zero attached hydrogens (tertiary/aromatic N) is 3. The van der Waals surface area contributed by atoms with Crippen molar-refractivity contribution in [1.82, 2.24) is 9.78 Å². The van der Waals surface area contributed by atoms with E-state index in [1.807, 2.05) is 18.1 Å². The summed E-state index contributed by atoms with van der Waals surface area (Å²) in [7, 11) is 2.02. The van der Waals surface area contributed by atoms with Crippen molar-refractivity contribution < 1.29 is 4.57 Å². The van der Waals surface area contributed by atoms with Gasteiger partial charge in [-0.2, -0.15) is 12.6 Å². The molecular formula is C6H10N3S+. The van der Waals surface area contributed by atoms with Crippen LogP contribution < -0.4 is 4.57 Å². The van der Waals surface area contributed by atoms with Crippen molar-refractivity contribution in [2.24, 2.45) is 7.05 Å². The molecule has 1 atom stereocenters. The Morgan fingerprint density at radius 3 is 3.40 bits per heavy atom. The van der Waals surface area contributed by atoms with E-state index in [2.05, 4.69) is 22.3 Å². The van der Waals surface area contributed by atoms with Crippen LogP contribution in [0.1, 0.15) is 5.82 Å². The van der Waals surface area contributed by atoms with E-state index in [0.717, 1.165) is 13.0 Å². The predicted molar refractivity (Wildman–Crippen MR) is 39.9 cm³/mol. The minimum Gasteiger partial charge on any atom is -0.237 e. The van der Waals surface area contributed by atoms with Gasteiger partial charge >= 0.3 is 0 Å². The molecule has 0 N–H and O–H groups in total. The van der Waals surface area contributed by atoms with E-state index < -0.39 is 0 Å². The first-order valence-corrected chi connectivity index (χ1v) is 3.87. The Balaban J connectivity index is 2.44. The second-order valence-corrected chi connectivity index (χ2v) is 3.43. The molecule has 4 heteroatoms. The van der Waals surface area contributed by atoms with E-state index in [4.69, 9.17) is 0 Å². The molecule has 0 aliphatic carbocycles. The first-order chi connectivity index (χ1) is 4.77. The van der Waals surface area contributed by atoms with Gasteiger partial charge in [-0.25, -0.2) is 4.57 Å². The first kappa shape index (κ1) is 6.22. The lowest BCUT2D eigenvalue weighted by Gasteiger charge is -1.90. The summed E-state index contributed by atoms with van der Waals surface area (Å²) >= 11 is 4.38. The Morgan fingerprint density at radius 1 is 1.90 bits per heavy atom. The Hall–Kier alpha value is -0.510. The van der Waals surface area contributed by atoms with Gasteiger partial charge < -0.3 is 0 Å². The zero-order valence-corrected chi connectivity index (χ0v) is 6.75. The van der Waals surface area contributed by atoms with Crippen molar-refractivity contribution in [3.05, 3.63) is 12.2 Å². The average Bonchev–Trinajstić information content (AvgIpc) is 2.35. The number of aryl methyl sites for hydroxylation is 1. The van der Waals surface area contributed by atoms with Crippen molar-refractivity contribution >= 4 is 12.6 Å². The number of hydrogen-bond acceptors (Lipinski definition) is 2. The van der Waals surface area contributed by atoms with Crippen molar-refractivity contribution in [2.75, 3.05) is 0 Å². The van der Waals surface area contributed by atoms with Gasteiger partial charge in [0.25, 0.3) is 6.33 Å². The molecule has 2 rings (SSSR count). The van der Waals surface area contributed by atoms with Crippen LogP contribution in [0.25, 0.3) is 0 Å². The number of rotatable bonds is 0. The quantitative estimate of drug-likeness (QED) is 0.399. The number of fused-ring (bicyclic) bond motifs is 1. The van der Waals surface area contributed by atoms with E-state index in [1.54, 1.807) is 0 Å². The molecule has 0 aromatic carbocycles. The third-order valence-corrected chi connectivity index (χ3v) is 2.22. The average molecular weight is 156 g/mol. The summed E-state index contributed by atoms with van der Waals surface area (Å²) in [5, 5.41) is 4.64. The molecule has 1 aromatic heterocycles. The van der Waals surface area contributed by atoms with E-state index in [-0.39, 0.29) is 0 Å². The van der Waals surface area contributed by atoms with Crippen molar-refractivity contribution in [2.45, 2.75) is 18.2 Å². The SMILES string of the molecule is C[n+]1cnn2c1CC(S)C2. The molecule has 0 bridgehead atoms. The van der Waals surface area contributed by atoms with E-state index in [1.165, 1.54) is 5.82 Å². The summed E-state index contributed by atoms with van der Waals surface area (Å²) in [5.41, 5.74) is 0. The van der Waals surface area contributed by atoms with Crippen LogP contribution >= 0.6 is 12.6 Å². The standard InChI is InChI=1S/C6H9N3S/c1-8-4-7-9-3-5(10)2-6(8)9/h4-5H,2-3H2,1H3/p+1. The highest BCUT2D eigenvalue weighted by atomic mass is 32.1. The normalized spacial score (nSPS) is 23.2. The van der Waals surface area contributed by atoms with Gasteiger partial charge in [0.1, 0.15) is 6.54 Å². The second kappa shape index (κ2) is 1.99. The highest BCUT2D eigenvalue weighted by Crippen LogP contribution is 2.13. The predicted octanol–water partition coefficient (Wildman–Crippen LogP) is -0.438. The molecule has 0 radical (unpaired) electrons. The monoisotopic (exact) mass is 156 g/mol. The third kappa shape index (κ3) is 0.751. The summed E-state index contributed by atoms with van der Waals surface area (Å²) < 4.78 is 4.06. The molecule has 2 heterocycles. The fourth-order valence-electron chi connectivity index (χ4n) is 1.33. The Morgan fingerprint density at radius 2 is 2.70 bits per heavy atom. The summed E-state index contributed by atoms with van der Waals surface area (Å²) in [6.45, 7) is 0.958. The summed E-state index contributed by atoms with van der Waals surface area (Å²) in [6, 6.07) is 0. The highest BCUT2D eigenvalue weighted by Gasteiger charge is 2.27. The molecule has 0 saturated heterocycles. The largest absolute Gasteiger partial charge is 0.265 e. The molecule has 3 nitrogen and oxygen atoms in total. The molecule has 0 amide bonds. The summed E-state index contributed by atoms with van der Waals surface area (Å²) in [4.78, 5) is 0. The fraction of sp³-hybridized carbons (Fsp3) is 0.667. The molecule has 1 unspecified atom stereocenters. The molecule has 54 valence electrons. The van der Waals surface area contributed by atoms with Crippen LogP contribution in [0.3, 0.4) is 0 Å². The number of aromatic nitrogens is 3. The minimum absolute atomic E-state index is 0.467. The van der Waals surface area contributed by atoms with Gasteiger partial charge in [0, 0.05) is 10.3 Å². The zero-order valence-electron chi connectivity index (χ0n) is 5.86. The fourth-order valence-corrected chi connectivity index (χ4v) is 1.65. The van der Waals surface area contributed by atoms with Crippen LogP contribution in [0, 0.1) is 0 Å². The van der Waals surface area contributed by atoms with Crippen LogP contribution in [0.2, 0.25) is 0 Å². The molecule has 1 aliphatic rings. The van der Waals surface area contributed by atoms with Crippen LogP contribution in [-0.2, 0) is 20.0 Å². The van der Waals surface area contributed by atoms with Crippen LogP contribution in [0.5, 0.6) is 0 Å². The van der Waals surface area contributed by atoms with E-state index in [0.29, 0.717) is 5.25 Å². The Bertz CT molecular complexity index is 255. The third-order valence-electron chi connectivity index (χ3n) is 1.87. The smallest absolute Gasteiger partial charge is 0.237 e. The number of hydrogen-bond donors (Lipinski definition) is 1. The van der Waals surface area contributed by atoms with Crippen LogP contribution in [-0.4, -0.2) is 15.0 Å².